The van der Waals surface area contributed by atoms with Gasteiger partial charge in [0.15, 0.2) is 0 Å². The molecule has 3 N–H and O–H groups in total. The number of aromatic nitrogens is 2. The van der Waals surface area contributed by atoms with E-state index in [9.17, 15) is 0 Å². The second-order valence-corrected chi connectivity index (χ2v) is 3.99. The second kappa shape index (κ2) is 3.60. The highest BCUT2D eigenvalue weighted by Gasteiger charge is 2.14. The smallest absolute Gasteiger partial charge is 0.127 e. The van der Waals surface area contributed by atoms with Gasteiger partial charge in [-0.25, -0.2) is 4.98 Å². The van der Waals surface area contributed by atoms with Crippen molar-refractivity contribution in [3.8, 4) is 0 Å². The second-order valence-electron chi connectivity index (χ2n) is 3.99. The number of hydrogen-bond donors (Lipinski definition) is 2. The number of nitrogens with two attached hydrogens (primary N) is 1. The highest BCUT2D eigenvalue weighted by molar-refractivity contribution is 5.85. The van der Waals surface area contributed by atoms with Crippen molar-refractivity contribution < 1.29 is 0 Å². The quantitative estimate of drug-likeness (QED) is 0.532. The lowest BCUT2D eigenvalue weighted by molar-refractivity contribution is 0.580. The molecule has 0 atom stereocenters. The van der Waals surface area contributed by atoms with Crippen LogP contribution >= 0.6 is 0 Å². The molecular formula is C9H16N4. The van der Waals surface area contributed by atoms with Gasteiger partial charge >= 0.3 is 0 Å². The molecule has 72 valence electrons. The first-order valence-corrected chi connectivity index (χ1v) is 4.29. The molecule has 0 bridgehead atoms. The summed E-state index contributed by atoms with van der Waals surface area (Å²) in [6.07, 6.45) is 3.48. The summed E-state index contributed by atoms with van der Waals surface area (Å²) in [5.41, 5.74) is 5.71. The molecule has 0 aliphatic heterocycles. The van der Waals surface area contributed by atoms with Gasteiger partial charge in [-0.05, 0) is 0 Å². The maximum absolute atomic E-state index is 5.78. The lowest BCUT2D eigenvalue weighted by atomic mass is 9.95. The SMILES string of the molecule is CC(C)(C)C(N)=NCc1ncc[nH]1. The van der Waals surface area contributed by atoms with Crippen LogP contribution in [0.1, 0.15) is 26.6 Å². The maximum atomic E-state index is 5.78. The van der Waals surface area contributed by atoms with Crippen LogP contribution in [0, 0.1) is 5.41 Å². The predicted octanol–water partition coefficient (Wildman–Crippen LogP) is 1.31. The van der Waals surface area contributed by atoms with Crippen LogP contribution in [0.5, 0.6) is 0 Å². The standard InChI is InChI=1S/C9H16N4/c1-9(2,3)8(10)13-6-7-11-4-5-12-7/h4-5H,6H2,1-3H3,(H2,10,13)(H,11,12). The molecule has 4 nitrogen and oxygen atoms in total. The van der Waals surface area contributed by atoms with Crippen molar-refractivity contribution in [3.63, 3.8) is 0 Å². The predicted molar refractivity (Wildman–Crippen MR) is 53.4 cm³/mol. The van der Waals surface area contributed by atoms with Crippen LogP contribution in [0.4, 0.5) is 0 Å². The van der Waals surface area contributed by atoms with Crippen molar-refractivity contribution in [3.05, 3.63) is 18.2 Å². The molecular weight excluding hydrogens is 164 g/mol. The van der Waals surface area contributed by atoms with E-state index in [0.29, 0.717) is 12.4 Å². The summed E-state index contributed by atoms with van der Waals surface area (Å²) in [5.74, 6) is 1.50. The summed E-state index contributed by atoms with van der Waals surface area (Å²) in [6, 6.07) is 0. The number of aromatic amines is 1. The number of nitrogens with one attached hydrogen (secondary N) is 1. The molecule has 0 aliphatic rings. The average Bonchev–Trinajstić information content (AvgIpc) is 2.50. The van der Waals surface area contributed by atoms with E-state index in [1.165, 1.54) is 0 Å². The minimum absolute atomic E-state index is 0.0629. The molecule has 0 spiro atoms. The van der Waals surface area contributed by atoms with Crippen LogP contribution < -0.4 is 5.73 Å². The van der Waals surface area contributed by atoms with E-state index in [4.69, 9.17) is 5.73 Å². The Morgan fingerprint density at radius 1 is 1.62 bits per heavy atom. The lowest BCUT2D eigenvalue weighted by Gasteiger charge is -2.16. The molecule has 0 aromatic carbocycles. The van der Waals surface area contributed by atoms with Gasteiger partial charge in [0.1, 0.15) is 5.82 Å². The van der Waals surface area contributed by atoms with Gasteiger partial charge in [0.2, 0.25) is 0 Å². The molecule has 1 heterocycles. The third kappa shape index (κ3) is 2.89. The number of hydrogen-bond acceptors (Lipinski definition) is 2. The van der Waals surface area contributed by atoms with Crippen molar-refractivity contribution in [2.45, 2.75) is 27.3 Å². The molecule has 1 aromatic rings. The highest BCUT2D eigenvalue weighted by atomic mass is 15.0. The first kappa shape index (κ1) is 9.77. The molecule has 13 heavy (non-hydrogen) atoms. The Bertz CT molecular complexity index is 279. The number of rotatable bonds is 2. The summed E-state index contributed by atoms with van der Waals surface area (Å²) >= 11 is 0. The van der Waals surface area contributed by atoms with Gasteiger partial charge in [-0.15, -0.1) is 0 Å². The van der Waals surface area contributed by atoms with E-state index >= 15 is 0 Å². The number of nitrogens with zero attached hydrogens (tertiary/aromatic N) is 2. The summed E-state index contributed by atoms with van der Waals surface area (Å²) in [5, 5.41) is 0. The van der Waals surface area contributed by atoms with E-state index in [2.05, 4.69) is 15.0 Å². The molecule has 0 saturated carbocycles. The zero-order valence-corrected chi connectivity index (χ0v) is 8.33. The Morgan fingerprint density at radius 3 is 2.77 bits per heavy atom. The van der Waals surface area contributed by atoms with E-state index in [0.717, 1.165) is 5.82 Å². The topological polar surface area (TPSA) is 67.1 Å². The fraction of sp³-hybridized carbons (Fsp3) is 0.556. The highest BCUT2D eigenvalue weighted by Crippen LogP contribution is 2.12. The molecule has 0 aliphatic carbocycles. The summed E-state index contributed by atoms with van der Waals surface area (Å²) < 4.78 is 0. The van der Waals surface area contributed by atoms with Crippen LogP contribution in [-0.2, 0) is 6.54 Å². The maximum Gasteiger partial charge on any atom is 0.127 e. The summed E-state index contributed by atoms with van der Waals surface area (Å²) in [6.45, 7) is 6.63. The first-order valence-electron chi connectivity index (χ1n) is 4.29. The van der Waals surface area contributed by atoms with Crippen molar-refractivity contribution >= 4 is 5.84 Å². The van der Waals surface area contributed by atoms with Crippen LogP contribution in [0.25, 0.3) is 0 Å². The monoisotopic (exact) mass is 180 g/mol. The molecule has 1 rings (SSSR count). The van der Waals surface area contributed by atoms with E-state index < -0.39 is 0 Å². The largest absolute Gasteiger partial charge is 0.387 e. The Balaban J connectivity index is 2.59. The van der Waals surface area contributed by atoms with Gasteiger partial charge < -0.3 is 10.7 Å². The molecule has 1 aromatic heterocycles. The van der Waals surface area contributed by atoms with Crippen LogP contribution in [0.3, 0.4) is 0 Å². The Labute approximate surface area is 78.3 Å². The number of amidine groups is 1. The van der Waals surface area contributed by atoms with E-state index in [-0.39, 0.29) is 5.41 Å². The van der Waals surface area contributed by atoms with E-state index in [1.54, 1.807) is 12.4 Å². The van der Waals surface area contributed by atoms with Gasteiger partial charge in [-0.3, -0.25) is 4.99 Å². The molecule has 0 fully saturated rings. The first-order chi connectivity index (χ1) is 6.00. The van der Waals surface area contributed by atoms with Crippen LogP contribution in [-0.4, -0.2) is 15.8 Å². The average molecular weight is 180 g/mol. The van der Waals surface area contributed by atoms with Crippen molar-refractivity contribution in [1.82, 2.24) is 9.97 Å². The fourth-order valence-corrected chi connectivity index (χ4v) is 0.782. The molecule has 0 saturated heterocycles. The summed E-state index contributed by atoms with van der Waals surface area (Å²) in [7, 11) is 0. The third-order valence-corrected chi connectivity index (χ3v) is 1.72. The van der Waals surface area contributed by atoms with Gasteiger partial charge in [0.25, 0.3) is 0 Å². The van der Waals surface area contributed by atoms with Gasteiger partial charge in [-0.1, -0.05) is 20.8 Å². The number of H-pyrrole nitrogens is 1. The Hall–Kier alpha value is -1.32. The number of imidazole rings is 1. The molecule has 0 amide bonds. The van der Waals surface area contributed by atoms with Gasteiger partial charge in [-0.2, -0.15) is 0 Å². The molecule has 4 heteroatoms. The Kier molecular flexibility index (Phi) is 2.70. The number of aliphatic imine (C=N–C) groups is 1. The Morgan fingerprint density at radius 2 is 2.31 bits per heavy atom. The van der Waals surface area contributed by atoms with E-state index in [1.807, 2.05) is 20.8 Å². The van der Waals surface area contributed by atoms with Crippen molar-refractivity contribution in [1.29, 1.82) is 0 Å². The van der Waals surface area contributed by atoms with Crippen LogP contribution in [0.2, 0.25) is 0 Å². The summed E-state index contributed by atoms with van der Waals surface area (Å²) in [4.78, 5) is 11.3. The third-order valence-electron chi connectivity index (χ3n) is 1.72. The fourth-order valence-electron chi connectivity index (χ4n) is 0.782. The van der Waals surface area contributed by atoms with Crippen molar-refractivity contribution in [2.75, 3.05) is 0 Å². The van der Waals surface area contributed by atoms with Crippen LogP contribution in [0.15, 0.2) is 17.4 Å². The lowest BCUT2D eigenvalue weighted by Crippen LogP contribution is -2.29. The van der Waals surface area contributed by atoms with Gasteiger partial charge in [0.05, 0.1) is 12.4 Å². The minimum Gasteiger partial charge on any atom is -0.387 e. The molecule has 0 unspecified atom stereocenters. The molecule has 0 radical (unpaired) electrons. The normalized spacial score (nSPS) is 13.3. The zero-order chi connectivity index (χ0) is 9.90. The van der Waals surface area contributed by atoms with Crippen molar-refractivity contribution in [2.24, 2.45) is 16.1 Å². The van der Waals surface area contributed by atoms with Gasteiger partial charge in [0, 0.05) is 17.8 Å². The minimum atomic E-state index is -0.0629. The zero-order valence-electron chi connectivity index (χ0n) is 8.33.